The molecule has 4 nitrogen and oxygen atoms in total. The summed E-state index contributed by atoms with van der Waals surface area (Å²) in [7, 11) is 0. The number of nitrogens with zero attached hydrogens (tertiary/aromatic N) is 1. The third kappa shape index (κ3) is 5.20. The van der Waals surface area contributed by atoms with E-state index >= 15 is 0 Å². The van der Waals surface area contributed by atoms with Crippen LogP contribution >= 0.6 is 11.6 Å². The minimum atomic E-state index is -0.209. The molecule has 0 saturated carbocycles. The molecule has 1 rings (SSSR count). The van der Waals surface area contributed by atoms with E-state index in [9.17, 15) is 4.79 Å². The van der Waals surface area contributed by atoms with E-state index in [0.29, 0.717) is 16.8 Å². The summed E-state index contributed by atoms with van der Waals surface area (Å²) in [5.74, 6) is 0.940. The van der Waals surface area contributed by atoms with Crippen molar-refractivity contribution in [3.8, 4) is 0 Å². The molecule has 5 heteroatoms. The summed E-state index contributed by atoms with van der Waals surface area (Å²) in [4.78, 5) is 16.7. The van der Waals surface area contributed by atoms with Crippen LogP contribution in [0.5, 0.6) is 0 Å². The molecular formula is C16H26ClN3O. The molecule has 0 saturated heterocycles. The van der Waals surface area contributed by atoms with Crippen molar-refractivity contribution in [2.75, 3.05) is 11.9 Å². The number of nitrogens with one attached hydrogen (secondary N) is 2. The molecule has 0 bridgehead atoms. The fraction of sp³-hybridized carbons (Fsp3) is 0.625. The molecule has 1 amide bonds. The summed E-state index contributed by atoms with van der Waals surface area (Å²) in [6.45, 7) is 9.20. The molecule has 0 spiro atoms. The van der Waals surface area contributed by atoms with E-state index in [1.807, 2.05) is 6.92 Å². The summed E-state index contributed by atoms with van der Waals surface area (Å²) in [5.41, 5.74) is 0.288. The molecule has 1 unspecified atom stereocenters. The number of amides is 1. The number of rotatable bonds is 8. The van der Waals surface area contributed by atoms with Gasteiger partial charge in [-0.1, -0.05) is 45.2 Å². The summed E-state index contributed by atoms with van der Waals surface area (Å²) >= 11 is 6.10. The Balaban J connectivity index is 2.81. The molecule has 1 heterocycles. The number of aromatic nitrogens is 1. The van der Waals surface area contributed by atoms with Gasteiger partial charge in [-0.3, -0.25) is 4.79 Å². The standard InChI is InChI=1S/C16H26ClN3O/c1-5-10-18-14-9-8-13(17)15(20-14)16(21)19-11(4)12(6-2)7-3/h8-9,11-12H,5-7,10H2,1-4H3,(H,18,20)(H,19,21). The van der Waals surface area contributed by atoms with Crippen molar-refractivity contribution in [2.24, 2.45) is 5.92 Å². The van der Waals surface area contributed by atoms with Crippen LogP contribution in [-0.2, 0) is 0 Å². The van der Waals surface area contributed by atoms with Gasteiger partial charge < -0.3 is 10.6 Å². The molecule has 0 aromatic carbocycles. The topological polar surface area (TPSA) is 54.0 Å². The monoisotopic (exact) mass is 311 g/mol. The highest BCUT2D eigenvalue weighted by Gasteiger charge is 2.19. The predicted octanol–water partition coefficient (Wildman–Crippen LogP) is 4.11. The maximum atomic E-state index is 12.4. The molecular weight excluding hydrogens is 286 g/mol. The van der Waals surface area contributed by atoms with Gasteiger partial charge in [-0.05, 0) is 31.4 Å². The van der Waals surface area contributed by atoms with E-state index in [0.717, 1.165) is 25.8 Å². The molecule has 1 aromatic rings. The van der Waals surface area contributed by atoms with Gasteiger partial charge in [-0.25, -0.2) is 4.98 Å². The highest BCUT2D eigenvalue weighted by Crippen LogP contribution is 2.18. The number of anilines is 1. The van der Waals surface area contributed by atoms with Gasteiger partial charge in [0.25, 0.3) is 5.91 Å². The summed E-state index contributed by atoms with van der Waals surface area (Å²) in [5, 5.41) is 6.55. The lowest BCUT2D eigenvalue weighted by Gasteiger charge is -2.22. The van der Waals surface area contributed by atoms with Crippen molar-refractivity contribution in [1.82, 2.24) is 10.3 Å². The lowest BCUT2D eigenvalue weighted by molar-refractivity contribution is 0.0920. The van der Waals surface area contributed by atoms with Crippen molar-refractivity contribution in [2.45, 2.75) is 53.0 Å². The largest absolute Gasteiger partial charge is 0.370 e. The molecule has 0 aliphatic heterocycles. The summed E-state index contributed by atoms with van der Waals surface area (Å²) in [6.07, 6.45) is 3.08. The van der Waals surface area contributed by atoms with Crippen molar-refractivity contribution in [1.29, 1.82) is 0 Å². The smallest absolute Gasteiger partial charge is 0.271 e. The molecule has 118 valence electrons. The third-order valence-corrected chi connectivity index (χ3v) is 4.04. The fourth-order valence-corrected chi connectivity index (χ4v) is 2.53. The summed E-state index contributed by atoms with van der Waals surface area (Å²) in [6, 6.07) is 3.61. The van der Waals surface area contributed by atoms with Crippen LogP contribution in [0.1, 0.15) is 57.4 Å². The molecule has 0 radical (unpaired) electrons. The van der Waals surface area contributed by atoms with Gasteiger partial charge in [-0.2, -0.15) is 0 Å². The Bertz CT molecular complexity index is 461. The lowest BCUT2D eigenvalue weighted by atomic mass is 9.95. The van der Waals surface area contributed by atoms with E-state index in [4.69, 9.17) is 11.6 Å². The van der Waals surface area contributed by atoms with E-state index < -0.39 is 0 Å². The minimum Gasteiger partial charge on any atom is -0.370 e. The predicted molar refractivity (Wildman–Crippen MR) is 89.0 cm³/mol. The van der Waals surface area contributed by atoms with E-state index in [1.165, 1.54) is 0 Å². The lowest BCUT2D eigenvalue weighted by Crippen LogP contribution is -2.38. The Morgan fingerprint density at radius 3 is 2.52 bits per heavy atom. The van der Waals surface area contributed by atoms with Crippen LogP contribution in [0, 0.1) is 5.92 Å². The first-order valence-corrected chi connectivity index (χ1v) is 8.12. The van der Waals surface area contributed by atoms with Gasteiger partial charge in [-0.15, -0.1) is 0 Å². The molecule has 0 aliphatic rings. The quantitative estimate of drug-likeness (QED) is 0.759. The van der Waals surface area contributed by atoms with Crippen molar-refractivity contribution in [3.63, 3.8) is 0 Å². The van der Waals surface area contributed by atoms with Crippen LogP contribution in [0.25, 0.3) is 0 Å². The molecule has 21 heavy (non-hydrogen) atoms. The van der Waals surface area contributed by atoms with Crippen LogP contribution in [0.2, 0.25) is 5.02 Å². The maximum absolute atomic E-state index is 12.4. The minimum absolute atomic E-state index is 0.109. The Hall–Kier alpha value is -1.29. The molecule has 1 atom stereocenters. The average Bonchev–Trinajstić information content (AvgIpc) is 2.47. The second-order valence-corrected chi connectivity index (χ2v) is 5.70. The van der Waals surface area contributed by atoms with E-state index in [-0.39, 0.29) is 17.6 Å². The zero-order chi connectivity index (χ0) is 15.8. The fourth-order valence-electron chi connectivity index (χ4n) is 2.34. The van der Waals surface area contributed by atoms with Crippen LogP contribution in [-0.4, -0.2) is 23.5 Å². The highest BCUT2D eigenvalue weighted by atomic mass is 35.5. The van der Waals surface area contributed by atoms with Crippen molar-refractivity contribution < 1.29 is 4.79 Å². The van der Waals surface area contributed by atoms with Gasteiger partial charge in [0.2, 0.25) is 0 Å². The summed E-state index contributed by atoms with van der Waals surface area (Å²) < 4.78 is 0. The first kappa shape index (κ1) is 17.8. The second kappa shape index (κ2) is 8.88. The average molecular weight is 312 g/mol. The zero-order valence-corrected chi connectivity index (χ0v) is 14.1. The van der Waals surface area contributed by atoms with Gasteiger partial charge in [0.1, 0.15) is 11.5 Å². The van der Waals surface area contributed by atoms with Crippen LogP contribution in [0.15, 0.2) is 12.1 Å². The number of halogens is 1. The van der Waals surface area contributed by atoms with E-state index in [2.05, 4.69) is 36.4 Å². The number of carbonyl (C=O) groups excluding carboxylic acids is 1. The van der Waals surface area contributed by atoms with Crippen LogP contribution in [0.4, 0.5) is 5.82 Å². The van der Waals surface area contributed by atoms with Gasteiger partial charge >= 0.3 is 0 Å². The Morgan fingerprint density at radius 2 is 1.95 bits per heavy atom. The first-order chi connectivity index (χ1) is 10.0. The number of hydrogen-bond donors (Lipinski definition) is 2. The Morgan fingerprint density at radius 1 is 1.29 bits per heavy atom. The molecule has 1 aromatic heterocycles. The SMILES string of the molecule is CCCNc1ccc(Cl)c(C(=O)NC(C)C(CC)CC)n1. The van der Waals surface area contributed by atoms with Crippen LogP contribution in [0.3, 0.4) is 0 Å². The zero-order valence-electron chi connectivity index (χ0n) is 13.4. The van der Waals surface area contributed by atoms with Crippen LogP contribution < -0.4 is 10.6 Å². The number of hydrogen-bond acceptors (Lipinski definition) is 3. The van der Waals surface area contributed by atoms with Crippen molar-refractivity contribution >= 4 is 23.3 Å². The molecule has 0 fully saturated rings. The molecule has 2 N–H and O–H groups in total. The first-order valence-electron chi connectivity index (χ1n) is 7.74. The Kier molecular flexibility index (Phi) is 7.51. The number of carbonyl (C=O) groups is 1. The maximum Gasteiger partial charge on any atom is 0.271 e. The highest BCUT2D eigenvalue weighted by molar-refractivity contribution is 6.33. The van der Waals surface area contributed by atoms with E-state index in [1.54, 1.807) is 12.1 Å². The Labute approximate surface area is 132 Å². The third-order valence-electron chi connectivity index (χ3n) is 3.73. The second-order valence-electron chi connectivity index (χ2n) is 5.29. The van der Waals surface area contributed by atoms with Gasteiger partial charge in [0.15, 0.2) is 0 Å². The molecule has 0 aliphatic carbocycles. The van der Waals surface area contributed by atoms with Crippen molar-refractivity contribution in [3.05, 3.63) is 22.8 Å². The normalized spacial score (nSPS) is 12.3. The van der Waals surface area contributed by atoms with Gasteiger partial charge in [0, 0.05) is 12.6 Å². The van der Waals surface area contributed by atoms with Gasteiger partial charge in [0.05, 0.1) is 5.02 Å². The number of pyridine rings is 1.